The Balaban J connectivity index is 2.62. The van der Waals surface area contributed by atoms with Gasteiger partial charge in [0.05, 0.1) is 7.11 Å². The largest absolute Gasteiger partial charge is 0.276 e. The number of carbonyl (C=O) groups excluding carboxylic acids is 1. The number of hydrogen-bond donors (Lipinski definition) is 0. The van der Waals surface area contributed by atoms with E-state index >= 15 is 0 Å². The van der Waals surface area contributed by atoms with E-state index < -0.39 is 0 Å². The van der Waals surface area contributed by atoms with Gasteiger partial charge in [-0.2, -0.15) is 0 Å². The van der Waals surface area contributed by atoms with Crippen LogP contribution in [-0.2, 0) is 9.63 Å². The third-order valence-corrected chi connectivity index (χ3v) is 1.41. The Labute approximate surface area is 53.9 Å². The van der Waals surface area contributed by atoms with Crippen LogP contribution in [0.15, 0.2) is 5.70 Å². The molecule has 9 heavy (non-hydrogen) atoms. The Morgan fingerprint density at radius 1 is 1.78 bits per heavy atom. The molecule has 0 amide bonds. The third-order valence-electron chi connectivity index (χ3n) is 1.41. The molecule has 50 valence electrons. The molecule has 0 aromatic heterocycles. The molecule has 3 nitrogen and oxygen atoms in total. The first-order valence-corrected chi connectivity index (χ1v) is 2.94. The van der Waals surface area contributed by atoms with Crippen molar-refractivity contribution in [3.05, 3.63) is 5.70 Å². The SMILES string of the molecule is CON1CCCC1=C=O. The number of hydrogen-bond acceptors (Lipinski definition) is 3. The first-order valence-electron chi connectivity index (χ1n) is 2.94. The summed E-state index contributed by atoms with van der Waals surface area (Å²) in [6, 6.07) is 0. The average molecular weight is 127 g/mol. The van der Waals surface area contributed by atoms with Crippen LogP contribution in [-0.4, -0.2) is 24.7 Å². The van der Waals surface area contributed by atoms with Gasteiger partial charge in [0.2, 0.25) is 0 Å². The van der Waals surface area contributed by atoms with Gasteiger partial charge in [0.25, 0.3) is 0 Å². The third kappa shape index (κ3) is 1.12. The molecule has 1 saturated heterocycles. The maximum absolute atomic E-state index is 10.1. The summed E-state index contributed by atoms with van der Waals surface area (Å²) in [7, 11) is 1.56. The first kappa shape index (κ1) is 6.33. The van der Waals surface area contributed by atoms with Crippen molar-refractivity contribution in [1.29, 1.82) is 0 Å². The highest BCUT2D eigenvalue weighted by Crippen LogP contribution is 2.16. The highest BCUT2D eigenvalue weighted by molar-refractivity contribution is 5.51. The molecule has 1 aliphatic rings. The predicted octanol–water partition coefficient (Wildman–Crippen LogP) is 0.359. The molecular formula is C6H9NO2. The van der Waals surface area contributed by atoms with Gasteiger partial charge in [-0.1, -0.05) is 0 Å². The molecule has 0 saturated carbocycles. The van der Waals surface area contributed by atoms with Crippen LogP contribution in [0, 0.1) is 0 Å². The average Bonchev–Trinajstić information content (AvgIpc) is 2.33. The lowest BCUT2D eigenvalue weighted by Crippen LogP contribution is -2.15. The minimum atomic E-state index is 0.637. The molecule has 0 aromatic carbocycles. The summed E-state index contributed by atoms with van der Waals surface area (Å²) < 4.78 is 0. The first-order chi connectivity index (χ1) is 4.38. The second-order valence-electron chi connectivity index (χ2n) is 1.94. The maximum atomic E-state index is 10.1. The monoisotopic (exact) mass is 127 g/mol. The van der Waals surface area contributed by atoms with Crippen molar-refractivity contribution in [3.63, 3.8) is 0 Å². The molecule has 0 N–H and O–H groups in total. The number of hydroxylamine groups is 2. The minimum Gasteiger partial charge on any atom is -0.276 e. The normalized spacial score (nSPS) is 18.3. The molecule has 0 bridgehead atoms. The van der Waals surface area contributed by atoms with Gasteiger partial charge in [0.1, 0.15) is 11.6 Å². The van der Waals surface area contributed by atoms with E-state index in [4.69, 9.17) is 4.84 Å². The van der Waals surface area contributed by atoms with Gasteiger partial charge in [0, 0.05) is 13.0 Å². The van der Waals surface area contributed by atoms with Gasteiger partial charge in [-0.25, -0.2) is 9.86 Å². The minimum absolute atomic E-state index is 0.637. The molecule has 1 fully saturated rings. The molecule has 1 aliphatic heterocycles. The van der Waals surface area contributed by atoms with Gasteiger partial charge >= 0.3 is 0 Å². The van der Waals surface area contributed by atoms with E-state index in [0.717, 1.165) is 19.4 Å². The standard InChI is InChI=1S/C6H9NO2/c1-9-7-4-2-3-6(7)5-8/h2-4H2,1H3. The molecule has 0 radical (unpaired) electrons. The van der Waals surface area contributed by atoms with E-state index in [9.17, 15) is 4.79 Å². The Bertz CT molecular complexity index is 149. The van der Waals surface area contributed by atoms with Crippen LogP contribution < -0.4 is 0 Å². The summed E-state index contributed by atoms with van der Waals surface area (Å²) in [4.78, 5) is 14.9. The molecule has 0 aliphatic carbocycles. The van der Waals surface area contributed by atoms with Crippen molar-refractivity contribution < 1.29 is 9.63 Å². The van der Waals surface area contributed by atoms with Crippen molar-refractivity contribution in [2.24, 2.45) is 0 Å². The van der Waals surface area contributed by atoms with Gasteiger partial charge in [-0.15, -0.1) is 0 Å². The van der Waals surface area contributed by atoms with E-state index in [0.29, 0.717) is 5.70 Å². The van der Waals surface area contributed by atoms with Crippen LogP contribution in [0.4, 0.5) is 0 Å². The van der Waals surface area contributed by atoms with Crippen LogP contribution in [0.25, 0.3) is 0 Å². The highest BCUT2D eigenvalue weighted by atomic mass is 16.7. The van der Waals surface area contributed by atoms with E-state index in [-0.39, 0.29) is 0 Å². The fraction of sp³-hybridized carbons (Fsp3) is 0.667. The lowest BCUT2D eigenvalue weighted by molar-refractivity contribution is -0.0852. The smallest absolute Gasteiger partial charge is 0.148 e. The molecular weight excluding hydrogens is 118 g/mol. The highest BCUT2D eigenvalue weighted by Gasteiger charge is 2.16. The lowest BCUT2D eigenvalue weighted by atomic mass is 10.3. The van der Waals surface area contributed by atoms with Gasteiger partial charge in [0.15, 0.2) is 0 Å². The predicted molar refractivity (Wildman–Crippen MR) is 32.2 cm³/mol. The fourth-order valence-electron chi connectivity index (χ4n) is 0.953. The maximum Gasteiger partial charge on any atom is 0.148 e. The fourth-order valence-corrected chi connectivity index (χ4v) is 0.953. The van der Waals surface area contributed by atoms with Gasteiger partial charge < -0.3 is 0 Å². The van der Waals surface area contributed by atoms with Crippen molar-refractivity contribution >= 4 is 5.94 Å². The van der Waals surface area contributed by atoms with Crippen molar-refractivity contribution in [2.45, 2.75) is 12.8 Å². The zero-order valence-corrected chi connectivity index (χ0v) is 5.39. The van der Waals surface area contributed by atoms with Crippen LogP contribution >= 0.6 is 0 Å². The molecule has 0 unspecified atom stereocenters. The van der Waals surface area contributed by atoms with Crippen LogP contribution in [0.5, 0.6) is 0 Å². The summed E-state index contributed by atoms with van der Waals surface area (Å²) in [5.74, 6) is 1.83. The summed E-state index contributed by atoms with van der Waals surface area (Å²) >= 11 is 0. The van der Waals surface area contributed by atoms with E-state index in [2.05, 4.69) is 0 Å². The quantitative estimate of drug-likeness (QED) is 0.476. The van der Waals surface area contributed by atoms with E-state index in [1.54, 1.807) is 12.2 Å². The lowest BCUT2D eigenvalue weighted by Gasteiger charge is -2.11. The van der Waals surface area contributed by atoms with Gasteiger partial charge in [-0.05, 0) is 6.42 Å². The second-order valence-corrected chi connectivity index (χ2v) is 1.94. The van der Waals surface area contributed by atoms with Crippen molar-refractivity contribution in [3.8, 4) is 0 Å². The Hall–Kier alpha value is -0.790. The molecule has 0 atom stereocenters. The number of allylic oxidation sites excluding steroid dienone is 1. The Morgan fingerprint density at radius 3 is 3.00 bits per heavy atom. The molecule has 0 spiro atoms. The topological polar surface area (TPSA) is 29.5 Å². The molecule has 1 rings (SSSR count). The second kappa shape index (κ2) is 2.67. The Morgan fingerprint density at radius 2 is 2.56 bits per heavy atom. The number of rotatable bonds is 1. The van der Waals surface area contributed by atoms with Crippen molar-refractivity contribution in [1.82, 2.24) is 5.06 Å². The molecule has 3 heteroatoms. The van der Waals surface area contributed by atoms with E-state index in [1.807, 2.05) is 5.94 Å². The summed E-state index contributed by atoms with van der Waals surface area (Å²) in [5, 5.41) is 1.58. The van der Waals surface area contributed by atoms with Gasteiger partial charge in [-0.3, -0.25) is 4.84 Å². The van der Waals surface area contributed by atoms with Crippen LogP contribution in [0.1, 0.15) is 12.8 Å². The van der Waals surface area contributed by atoms with Crippen LogP contribution in [0.2, 0.25) is 0 Å². The molecule has 1 heterocycles. The number of nitrogens with zero attached hydrogens (tertiary/aromatic N) is 1. The summed E-state index contributed by atoms with van der Waals surface area (Å²) in [6.45, 7) is 0.821. The summed E-state index contributed by atoms with van der Waals surface area (Å²) in [6.07, 6.45) is 1.80. The summed E-state index contributed by atoms with van der Waals surface area (Å²) in [5.41, 5.74) is 0.637. The molecule has 0 aromatic rings. The van der Waals surface area contributed by atoms with Crippen molar-refractivity contribution in [2.75, 3.05) is 13.7 Å². The Kier molecular flexibility index (Phi) is 1.88. The van der Waals surface area contributed by atoms with Crippen LogP contribution in [0.3, 0.4) is 0 Å². The van der Waals surface area contributed by atoms with E-state index in [1.165, 1.54) is 0 Å². The zero-order valence-electron chi connectivity index (χ0n) is 5.39. The zero-order chi connectivity index (χ0) is 6.69.